The first kappa shape index (κ1) is 13.5. The number of nitriles is 2. The van der Waals surface area contributed by atoms with Crippen molar-refractivity contribution in [3.05, 3.63) is 34.9 Å². The van der Waals surface area contributed by atoms with Gasteiger partial charge in [0, 0.05) is 24.7 Å². The van der Waals surface area contributed by atoms with Crippen LogP contribution in [0.1, 0.15) is 17.5 Å². The Bertz CT molecular complexity index is 562. The highest BCUT2D eigenvalue weighted by Gasteiger charge is 2.16. The maximum Gasteiger partial charge on any atom is 0.130 e. The molecule has 96 valence electrons. The van der Waals surface area contributed by atoms with E-state index in [1.54, 1.807) is 6.08 Å². The standard InChI is InChI=1S/C15H14ClN3/c16-5-7-19-6-1-2-14-9-12(3-4-15(14)19)8-13(10-17)11-18/h3-4,8-9H,1-2,5-7H2. The first-order valence-electron chi connectivity index (χ1n) is 6.24. The highest BCUT2D eigenvalue weighted by Crippen LogP contribution is 2.28. The lowest BCUT2D eigenvalue weighted by molar-refractivity contribution is 0.709. The zero-order valence-corrected chi connectivity index (χ0v) is 11.3. The fourth-order valence-electron chi connectivity index (χ4n) is 2.38. The van der Waals surface area contributed by atoms with E-state index in [9.17, 15) is 0 Å². The van der Waals surface area contributed by atoms with Crippen molar-refractivity contribution in [2.75, 3.05) is 23.9 Å². The summed E-state index contributed by atoms with van der Waals surface area (Å²) in [4.78, 5) is 2.29. The molecular formula is C15H14ClN3. The molecule has 0 unspecified atom stereocenters. The van der Waals surface area contributed by atoms with E-state index in [0.29, 0.717) is 5.88 Å². The number of benzene rings is 1. The molecule has 1 aromatic rings. The van der Waals surface area contributed by atoms with Crippen LogP contribution in [0.5, 0.6) is 0 Å². The highest BCUT2D eigenvalue weighted by atomic mass is 35.5. The second kappa shape index (κ2) is 6.27. The number of rotatable bonds is 3. The molecule has 19 heavy (non-hydrogen) atoms. The van der Waals surface area contributed by atoms with Gasteiger partial charge in [0.05, 0.1) is 0 Å². The number of nitrogens with zero attached hydrogens (tertiary/aromatic N) is 3. The zero-order chi connectivity index (χ0) is 13.7. The number of hydrogen-bond acceptors (Lipinski definition) is 3. The minimum atomic E-state index is 0.133. The molecule has 1 aliphatic heterocycles. The molecule has 0 amide bonds. The van der Waals surface area contributed by atoms with E-state index in [0.717, 1.165) is 31.5 Å². The molecule has 0 bridgehead atoms. The van der Waals surface area contributed by atoms with Gasteiger partial charge in [-0.15, -0.1) is 11.6 Å². The van der Waals surface area contributed by atoms with E-state index in [4.69, 9.17) is 22.1 Å². The van der Waals surface area contributed by atoms with Crippen molar-refractivity contribution in [3.63, 3.8) is 0 Å². The van der Waals surface area contributed by atoms with E-state index in [2.05, 4.69) is 17.0 Å². The lowest BCUT2D eigenvalue weighted by Gasteiger charge is -2.31. The Labute approximate surface area is 118 Å². The van der Waals surface area contributed by atoms with Crippen LogP contribution in [0.3, 0.4) is 0 Å². The zero-order valence-electron chi connectivity index (χ0n) is 10.6. The summed E-state index contributed by atoms with van der Waals surface area (Å²) in [5, 5.41) is 17.5. The molecule has 0 fully saturated rings. The third-order valence-corrected chi connectivity index (χ3v) is 3.39. The van der Waals surface area contributed by atoms with Crippen molar-refractivity contribution in [2.24, 2.45) is 0 Å². The third kappa shape index (κ3) is 3.08. The maximum atomic E-state index is 8.77. The largest absolute Gasteiger partial charge is 0.370 e. The Kier molecular flexibility index (Phi) is 4.44. The molecule has 1 heterocycles. The SMILES string of the molecule is N#CC(C#N)=Cc1ccc2c(c1)CCCN2CCCl. The van der Waals surface area contributed by atoms with Crippen molar-refractivity contribution >= 4 is 23.4 Å². The van der Waals surface area contributed by atoms with Crippen LogP contribution in [-0.4, -0.2) is 19.0 Å². The van der Waals surface area contributed by atoms with Crippen molar-refractivity contribution in [3.8, 4) is 12.1 Å². The van der Waals surface area contributed by atoms with E-state index in [1.165, 1.54) is 11.3 Å². The van der Waals surface area contributed by atoms with Crippen molar-refractivity contribution in [1.82, 2.24) is 0 Å². The number of alkyl halides is 1. The van der Waals surface area contributed by atoms with E-state index in [-0.39, 0.29) is 5.57 Å². The minimum Gasteiger partial charge on any atom is -0.370 e. The first-order chi connectivity index (χ1) is 9.28. The molecule has 0 saturated carbocycles. The molecule has 1 aliphatic rings. The average molecular weight is 272 g/mol. The van der Waals surface area contributed by atoms with Gasteiger partial charge in [-0.05, 0) is 42.2 Å². The molecule has 2 rings (SSSR count). The molecule has 0 aromatic heterocycles. The van der Waals surface area contributed by atoms with Crippen LogP contribution in [0.4, 0.5) is 5.69 Å². The summed E-state index contributed by atoms with van der Waals surface area (Å²) >= 11 is 5.82. The normalized spacial score (nSPS) is 13.1. The summed E-state index contributed by atoms with van der Waals surface area (Å²) in [5.41, 5.74) is 3.53. The van der Waals surface area contributed by atoms with Gasteiger partial charge in [-0.3, -0.25) is 0 Å². The smallest absolute Gasteiger partial charge is 0.130 e. The topological polar surface area (TPSA) is 50.8 Å². The molecule has 0 spiro atoms. The van der Waals surface area contributed by atoms with Gasteiger partial charge in [0.2, 0.25) is 0 Å². The Morgan fingerprint density at radius 3 is 2.84 bits per heavy atom. The van der Waals surface area contributed by atoms with E-state index in [1.807, 2.05) is 18.2 Å². The number of halogens is 1. The van der Waals surface area contributed by atoms with E-state index < -0.39 is 0 Å². The summed E-state index contributed by atoms with van der Waals surface area (Å²) in [6.07, 6.45) is 3.77. The molecular weight excluding hydrogens is 258 g/mol. The predicted octanol–water partition coefficient (Wildman–Crippen LogP) is 3.11. The molecule has 0 aliphatic carbocycles. The third-order valence-electron chi connectivity index (χ3n) is 3.22. The van der Waals surface area contributed by atoms with Gasteiger partial charge in [-0.2, -0.15) is 10.5 Å². The maximum absolute atomic E-state index is 8.77. The average Bonchev–Trinajstić information content (AvgIpc) is 2.45. The molecule has 0 atom stereocenters. The molecule has 3 nitrogen and oxygen atoms in total. The van der Waals surface area contributed by atoms with Gasteiger partial charge >= 0.3 is 0 Å². The highest BCUT2D eigenvalue weighted by molar-refractivity contribution is 6.18. The summed E-state index contributed by atoms with van der Waals surface area (Å²) < 4.78 is 0. The number of fused-ring (bicyclic) bond motifs is 1. The second-order valence-electron chi connectivity index (χ2n) is 4.45. The number of allylic oxidation sites excluding steroid dienone is 1. The number of hydrogen-bond donors (Lipinski definition) is 0. The van der Waals surface area contributed by atoms with Crippen LogP contribution in [0, 0.1) is 22.7 Å². The Balaban J connectivity index is 2.32. The monoisotopic (exact) mass is 271 g/mol. The number of anilines is 1. The van der Waals surface area contributed by atoms with Gasteiger partial charge in [0.15, 0.2) is 0 Å². The fourth-order valence-corrected chi connectivity index (χ4v) is 2.58. The Morgan fingerprint density at radius 1 is 1.37 bits per heavy atom. The van der Waals surface area contributed by atoms with Crippen LogP contribution in [0.2, 0.25) is 0 Å². The Hall–Kier alpha value is -1.97. The van der Waals surface area contributed by atoms with Crippen LogP contribution < -0.4 is 4.90 Å². The van der Waals surface area contributed by atoms with Crippen LogP contribution >= 0.6 is 11.6 Å². The van der Waals surface area contributed by atoms with Crippen LogP contribution in [0.15, 0.2) is 23.8 Å². The number of aryl methyl sites for hydroxylation is 1. The van der Waals surface area contributed by atoms with E-state index >= 15 is 0 Å². The Morgan fingerprint density at radius 2 is 2.16 bits per heavy atom. The van der Waals surface area contributed by atoms with Crippen molar-refractivity contribution in [2.45, 2.75) is 12.8 Å². The summed E-state index contributed by atoms with van der Waals surface area (Å²) in [6.45, 7) is 1.89. The van der Waals surface area contributed by atoms with Gasteiger partial charge in [-0.1, -0.05) is 6.07 Å². The lowest BCUT2D eigenvalue weighted by atomic mass is 9.98. The van der Waals surface area contributed by atoms with Gasteiger partial charge in [0.1, 0.15) is 17.7 Å². The summed E-state index contributed by atoms with van der Waals surface area (Å²) in [7, 11) is 0. The molecule has 0 saturated heterocycles. The quantitative estimate of drug-likeness (QED) is 0.627. The molecule has 0 radical (unpaired) electrons. The summed E-state index contributed by atoms with van der Waals surface area (Å²) in [6, 6.07) is 9.82. The minimum absolute atomic E-state index is 0.133. The summed E-state index contributed by atoms with van der Waals surface area (Å²) in [5.74, 6) is 0.619. The second-order valence-corrected chi connectivity index (χ2v) is 4.83. The van der Waals surface area contributed by atoms with Crippen LogP contribution in [-0.2, 0) is 6.42 Å². The predicted molar refractivity (Wildman–Crippen MR) is 76.9 cm³/mol. The van der Waals surface area contributed by atoms with Crippen molar-refractivity contribution in [1.29, 1.82) is 10.5 Å². The molecule has 4 heteroatoms. The van der Waals surface area contributed by atoms with Crippen LogP contribution in [0.25, 0.3) is 6.08 Å². The van der Waals surface area contributed by atoms with Gasteiger partial charge < -0.3 is 4.90 Å². The molecule has 0 N–H and O–H groups in total. The van der Waals surface area contributed by atoms with Gasteiger partial charge in [0.25, 0.3) is 0 Å². The lowest BCUT2D eigenvalue weighted by Crippen LogP contribution is -2.31. The van der Waals surface area contributed by atoms with Crippen molar-refractivity contribution < 1.29 is 0 Å². The van der Waals surface area contributed by atoms with Gasteiger partial charge in [-0.25, -0.2) is 0 Å². The molecule has 1 aromatic carbocycles. The first-order valence-corrected chi connectivity index (χ1v) is 6.77. The fraction of sp³-hybridized carbons (Fsp3) is 0.333.